The van der Waals surface area contributed by atoms with Crippen molar-refractivity contribution in [2.24, 2.45) is 12.0 Å². The Labute approximate surface area is 163 Å². The summed E-state index contributed by atoms with van der Waals surface area (Å²) in [6, 6.07) is 5.89. The smallest absolute Gasteiger partial charge is 0.194 e. The van der Waals surface area contributed by atoms with Gasteiger partial charge in [-0.1, -0.05) is 0 Å². The Hall–Kier alpha value is -3.20. The number of aliphatic imine (C=N–C) groups is 1. The maximum atomic E-state index is 5.93. The Balaban J connectivity index is 1.40. The zero-order valence-electron chi connectivity index (χ0n) is 16.1. The minimum Gasteiger partial charge on any atom is -0.370 e. The molecule has 4 heterocycles. The molecule has 9 nitrogen and oxygen atoms in total. The lowest BCUT2D eigenvalue weighted by Crippen LogP contribution is -2.47. The number of hydrogen-bond acceptors (Lipinski definition) is 5. The number of guanidine groups is 1. The van der Waals surface area contributed by atoms with Crippen molar-refractivity contribution >= 4 is 5.96 Å². The van der Waals surface area contributed by atoms with Gasteiger partial charge >= 0.3 is 0 Å². The van der Waals surface area contributed by atoms with E-state index in [1.54, 1.807) is 28.8 Å². The van der Waals surface area contributed by atoms with Gasteiger partial charge in [0.25, 0.3) is 0 Å². The number of aryl methyl sites for hydroxylation is 1. The highest BCUT2D eigenvalue weighted by atomic mass is 16.5. The van der Waals surface area contributed by atoms with Gasteiger partial charge in [0.2, 0.25) is 0 Å². The lowest BCUT2D eigenvalue weighted by molar-refractivity contribution is -0.00805. The molecule has 9 heteroatoms. The number of pyridine rings is 1. The summed E-state index contributed by atoms with van der Waals surface area (Å²) in [5.74, 6) is 1.65. The normalized spacial score (nSPS) is 17.7. The van der Waals surface area contributed by atoms with Gasteiger partial charge in [-0.05, 0) is 23.8 Å². The van der Waals surface area contributed by atoms with Gasteiger partial charge in [-0.2, -0.15) is 10.2 Å². The van der Waals surface area contributed by atoms with Gasteiger partial charge in [0.1, 0.15) is 6.10 Å². The van der Waals surface area contributed by atoms with Crippen molar-refractivity contribution in [1.29, 1.82) is 0 Å². The molecule has 0 aliphatic carbocycles. The number of ether oxygens (including phenoxy) is 1. The Morgan fingerprint density at radius 3 is 3.04 bits per heavy atom. The quantitative estimate of drug-likeness (QED) is 0.540. The topological polar surface area (TPSA) is 85.4 Å². The molecule has 1 atom stereocenters. The van der Waals surface area contributed by atoms with Crippen molar-refractivity contribution in [3.63, 3.8) is 0 Å². The van der Waals surface area contributed by atoms with Crippen LogP contribution >= 0.6 is 0 Å². The summed E-state index contributed by atoms with van der Waals surface area (Å²) < 4.78 is 9.47. The Kier molecular flexibility index (Phi) is 5.34. The minimum atomic E-state index is -0.00616. The average molecular weight is 380 g/mol. The molecule has 1 saturated heterocycles. The van der Waals surface area contributed by atoms with Crippen LogP contribution in [0.2, 0.25) is 0 Å². The lowest BCUT2D eigenvalue weighted by atomic mass is 10.1. The van der Waals surface area contributed by atoms with Crippen LogP contribution in [0.3, 0.4) is 0 Å². The summed E-state index contributed by atoms with van der Waals surface area (Å²) >= 11 is 0. The summed E-state index contributed by atoms with van der Waals surface area (Å²) in [6.07, 6.45) is 9.27. The summed E-state index contributed by atoms with van der Waals surface area (Å²) in [4.78, 5) is 11.0. The monoisotopic (exact) mass is 380 g/mol. The van der Waals surface area contributed by atoms with Crippen molar-refractivity contribution in [3.8, 4) is 5.82 Å². The highest BCUT2D eigenvalue weighted by Gasteiger charge is 2.25. The highest BCUT2D eigenvalue weighted by Crippen LogP contribution is 2.21. The molecule has 1 aliphatic rings. The van der Waals surface area contributed by atoms with Crippen LogP contribution in [0, 0.1) is 0 Å². The van der Waals surface area contributed by atoms with Crippen molar-refractivity contribution in [1.82, 2.24) is 34.8 Å². The van der Waals surface area contributed by atoms with Crippen molar-refractivity contribution < 1.29 is 4.74 Å². The van der Waals surface area contributed by atoms with E-state index in [0.29, 0.717) is 13.2 Å². The first-order valence-electron chi connectivity index (χ1n) is 9.23. The zero-order chi connectivity index (χ0) is 19.3. The van der Waals surface area contributed by atoms with E-state index < -0.39 is 0 Å². The zero-order valence-corrected chi connectivity index (χ0v) is 16.1. The Bertz CT molecular complexity index is 933. The largest absolute Gasteiger partial charge is 0.370 e. The fourth-order valence-corrected chi connectivity index (χ4v) is 3.26. The van der Waals surface area contributed by atoms with Gasteiger partial charge in [0.15, 0.2) is 11.8 Å². The van der Waals surface area contributed by atoms with Gasteiger partial charge < -0.3 is 15.0 Å². The second-order valence-corrected chi connectivity index (χ2v) is 6.63. The second-order valence-electron chi connectivity index (χ2n) is 6.63. The van der Waals surface area contributed by atoms with E-state index in [0.717, 1.165) is 36.0 Å². The fourth-order valence-electron chi connectivity index (χ4n) is 3.26. The van der Waals surface area contributed by atoms with Crippen molar-refractivity contribution in [2.75, 3.05) is 26.7 Å². The van der Waals surface area contributed by atoms with Gasteiger partial charge in [-0.15, -0.1) is 0 Å². The third-order valence-electron chi connectivity index (χ3n) is 4.67. The highest BCUT2D eigenvalue weighted by molar-refractivity contribution is 5.80. The molecule has 1 aliphatic heterocycles. The molecule has 0 aromatic carbocycles. The van der Waals surface area contributed by atoms with Crippen LogP contribution in [0.5, 0.6) is 0 Å². The van der Waals surface area contributed by atoms with E-state index in [9.17, 15) is 0 Å². The van der Waals surface area contributed by atoms with Crippen LogP contribution in [0.1, 0.15) is 17.2 Å². The van der Waals surface area contributed by atoms with Crippen LogP contribution in [-0.2, 0) is 18.3 Å². The molecule has 0 radical (unpaired) electrons. The molecular formula is C19H24N8O. The molecule has 4 rings (SSSR count). The third-order valence-corrected chi connectivity index (χ3v) is 4.67. The SMILES string of the molecule is CN=C(NCc1ccnc(-n2cccn2)c1)N1CCOC(c2cnn(C)c2)C1. The molecule has 3 aromatic rings. The lowest BCUT2D eigenvalue weighted by Gasteiger charge is -2.34. The molecule has 146 valence electrons. The molecule has 28 heavy (non-hydrogen) atoms. The minimum absolute atomic E-state index is 0.00616. The predicted octanol–water partition coefficient (Wildman–Crippen LogP) is 1.15. The van der Waals surface area contributed by atoms with E-state index in [1.807, 2.05) is 43.8 Å². The standard InChI is InChI=1S/C19H24N8O/c1-20-19(26-8-9-28-17(14-26)16-12-24-25(2)13-16)22-11-15-4-6-21-18(10-15)27-7-3-5-23-27/h3-7,10,12-13,17H,8-9,11,14H2,1-2H3,(H,20,22). The molecule has 1 N–H and O–H groups in total. The number of nitrogens with zero attached hydrogens (tertiary/aromatic N) is 7. The first-order valence-corrected chi connectivity index (χ1v) is 9.23. The predicted molar refractivity (Wildman–Crippen MR) is 105 cm³/mol. The van der Waals surface area contributed by atoms with E-state index >= 15 is 0 Å². The van der Waals surface area contributed by atoms with Crippen LogP contribution < -0.4 is 5.32 Å². The van der Waals surface area contributed by atoms with Gasteiger partial charge in [0.05, 0.1) is 19.3 Å². The number of aromatic nitrogens is 5. The maximum Gasteiger partial charge on any atom is 0.194 e. The number of hydrogen-bond donors (Lipinski definition) is 1. The van der Waals surface area contributed by atoms with E-state index in [2.05, 4.69) is 30.4 Å². The number of morpholine rings is 1. The van der Waals surface area contributed by atoms with Crippen LogP contribution in [0.25, 0.3) is 5.82 Å². The summed E-state index contributed by atoms with van der Waals surface area (Å²) in [6.45, 7) is 2.84. The molecule has 1 unspecified atom stereocenters. The maximum absolute atomic E-state index is 5.93. The summed E-state index contributed by atoms with van der Waals surface area (Å²) in [5.41, 5.74) is 2.19. The molecule has 0 amide bonds. The molecule has 0 saturated carbocycles. The third kappa shape index (κ3) is 4.04. The summed E-state index contributed by atoms with van der Waals surface area (Å²) in [5, 5.41) is 11.9. The molecule has 0 bridgehead atoms. The van der Waals surface area contributed by atoms with Crippen LogP contribution in [0.4, 0.5) is 0 Å². The van der Waals surface area contributed by atoms with Gasteiger partial charge in [-0.25, -0.2) is 9.67 Å². The molecule has 0 spiro atoms. The van der Waals surface area contributed by atoms with Crippen molar-refractivity contribution in [3.05, 3.63) is 60.3 Å². The molecular weight excluding hydrogens is 356 g/mol. The number of rotatable bonds is 4. The van der Waals surface area contributed by atoms with Crippen LogP contribution in [0.15, 0.2) is 54.2 Å². The molecule has 3 aromatic heterocycles. The molecule has 1 fully saturated rings. The first-order chi connectivity index (χ1) is 13.7. The Morgan fingerprint density at radius 2 is 2.29 bits per heavy atom. The number of nitrogens with one attached hydrogen (secondary N) is 1. The van der Waals surface area contributed by atoms with Crippen molar-refractivity contribution in [2.45, 2.75) is 12.6 Å². The van der Waals surface area contributed by atoms with E-state index in [-0.39, 0.29) is 6.10 Å². The summed E-state index contributed by atoms with van der Waals surface area (Å²) in [7, 11) is 3.72. The van der Waals surface area contributed by atoms with Gasteiger partial charge in [-0.3, -0.25) is 9.67 Å². The Morgan fingerprint density at radius 1 is 1.36 bits per heavy atom. The average Bonchev–Trinajstić information content (AvgIpc) is 3.41. The van der Waals surface area contributed by atoms with E-state index in [1.165, 1.54) is 0 Å². The van der Waals surface area contributed by atoms with Crippen LogP contribution in [-0.4, -0.2) is 62.1 Å². The fraction of sp³-hybridized carbons (Fsp3) is 0.368. The first kappa shape index (κ1) is 18.2. The van der Waals surface area contributed by atoms with Gasteiger partial charge in [0, 0.05) is 57.5 Å². The second kappa shape index (κ2) is 8.22. The van der Waals surface area contributed by atoms with E-state index in [4.69, 9.17) is 4.74 Å².